The molecule has 0 aliphatic carbocycles. The minimum absolute atomic E-state index is 0.0648. The third-order valence-corrected chi connectivity index (χ3v) is 6.84. The number of sulfonamides is 1. The summed E-state index contributed by atoms with van der Waals surface area (Å²) in [6.45, 7) is 5.30. The summed E-state index contributed by atoms with van der Waals surface area (Å²) >= 11 is 2.93. The molecule has 0 N–H and O–H groups in total. The number of benzene rings is 1. The second kappa shape index (κ2) is 7.71. The molecule has 1 heterocycles. The minimum atomic E-state index is -4.57. The Balaban J connectivity index is 2.25. The number of nitrogens with zero attached hydrogens (tertiary/aromatic N) is 1. The molecule has 1 aliphatic heterocycles. The molecule has 0 bridgehead atoms. The van der Waals surface area contributed by atoms with E-state index in [0.29, 0.717) is 12.8 Å². The zero-order valence-electron chi connectivity index (χ0n) is 15.1. The number of piperidine rings is 1. The Morgan fingerprint density at radius 2 is 1.89 bits per heavy atom. The van der Waals surface area contributed by atoms with Gasteiger partial charge in [-0.2, -0.15) is 17.5 Å². The van der Waals surface area contributed by atoms with Gasteiger partial charge in [-0.25, -0.2) is 8.42 Å². The molecule has 0 saturated carbocycles. The summed E-state index contributed by atoms with van der Waals surface area (Å²) in [6, 6.07) is 2.40. The molecular weight excluding hydrogens is 451 g/mol. The fourth-order valence-corrected chi connectivity index (χ4v) is 5.33. The first-order valence-corrected chi connectivity index (χ1v) is 10.5. The second-order valence-corrected chi connectivity index (χ2v) is 10.1. The van der Waals surface area contributed by atoms with E-state index in [-0.39, 0.29) is 22.5 Å². The molecular formula is C17H21BrF3NO4S. The number of carbonyl (C=O) groups is 1. The van der Waals surface area contributed by atoms with Crippen LogP contribution in [0.5, 0.6) is 0 Å². The zero-order chi connectivity index (χ0) is 20.6. The summed E-state index contributed by atoms with van der Waals surface area (Å²) in [5.74, 6) is -1.09. The molecule has 0 aromatic heterocycles. The number of ether oxygens (including phenoxy) is 1. The SMILES string of the molecule is CC(C)(C)OC(=O)C1CCCN(S(=O)(=O)c2ccc(C(F)(F)F)cc2Br)C1. The number of carbonyl (C=O) groups excluding carboxylic acids is 1. The lowest BCUT2D eigenvalue weighted by atomic mass is 9.99. The van der Waals surface area contributed by atoms with Crippen molar-refractivity contribution >= 4 is 31.9 Å². The fraction of sp³-hybridized carbons (Fsp3) is 0.588. The predicted octanol–water partition coefficient (Wildman–Crippen LogP) is 4.21. The van der Waals surface area contributed by atoms with Crippen LogP contribution in [0, 0.1) is 5.92 Å². The van der Waals surface area contributed by atoms with Gasteiger partial charge >= 0.3 is 12.1 Å². The quantitative estimate of drug-likeness (QED) is 0.619. The molecule has 1 aromatic rings. The van der Waals surface area contributed by atoms with Crippen LogP contribution in [0.1, 0.15) is 39.2 Å². The number of halogens is 4. The average molecular weight is 472 g/mol. The van der Waals surface area contributed by atoms with E-state index in [1.165, 1.54) is 0 Å². The van der Waals surface area contributed by atoms with Crippen LogP contribution in [0.15, 0.2) is 27.6 Å². The van der Waals surface area contributed by atoms with Crippen molar-refractivity contribution < 1.29 is 31.1 Å². The van der Waals surface area contributed by atoms with Crippen molar-refractivity contribution in [1.29, 1.82) is 0 Å². The average Bonchev–Trinajstić information content (AvgIpc) is 2.52. The molecule has 1 saturated heterocycles. The summed E-state index contributed by atoms with van der Waals surface area (Å²) in [5.41, 5.74) is -1.63. The lowest BCUT2D eigenvalue weighted by Gasteiger charge is -2.32. The van der Waals surface area contributed by atoms with Gasteiger partial charge < -0.3 is 4.74 Å². The van der Waals surface area contributed by atoms with E-state index in [1.54, 1.807) is 20.8 Å². The predicted molar refractivity (Wildman–Crippen MR) is 96.5 cm³/mol. The smallest absolute Gasteiger partial charge is 0.416 e. The van der Waals surface area contributed by atoms with Crippen molar-refractivity contribution in [3.63, 3.8) is 0 Å². The van der Waals surface area contributed by atoms with Crippen LogP contribution in [0.2, 0.25) is 0 Å². The highest BCUT2D eigenvalue weighted by atomic mass is 79.9. The van der Waals surface area contributed by atoms with Crippen LogP contribution in [0.25, 0.3) is 0 Å². The maximum absolute atomic E-state index is 12.9. The van der Waals surface area contributed by atoms with Crippen LogP contribution < -0.4 is 0 Å². The highest BCUT2D eigenvalue weighted by Gasteiger charge is 2.37. The summed E-state index contributed by atoms with van der Waals surface area (Å²) in [7, 11) is -4.05. The van der Waals surface area contributed by atoms with Gasteiger partial charge in [-0.3, -0.25) is 4.79 Å². The largest absolute Gasteiger partial charge is 0.460 e. The van der Waals surface area contributed by atoms with E-state index in [1.807, 2.05) is 0 Å². The molecule has 1 aliphatic rings. The van der Waals surface area contributed by atoms with Crippen molar-refractivity contribution in [1.82, 2.24) is 4.31 Å². The summed E-state index contributed by atoms with van der Waals surface area (Å²) in [5, 5.41) is 0. The Bertz CT molecular complexity index is 818. The molecule has 10 heteroatoms. The van der Waals surface area contributed by atoms with E-state index < -0.39 is 39.3 Å². The van der Waals surface area contributed by atoms with Crippen LogP contribution in [0.4, 0.5) is 13.2 Å². The third-order valence-electron chi connectivity index (χ3n) is 4.00. The third kappa shape index (κ3) is 5.45. The number of alkyl halides is 3. The highest BCUT2D eigenvalue weighted by molar-refractivity contribution is 9.10. The van der Waals surface area contributed by atoms with Crippen LogP contribution in [-0.2, 0) is 25.7 Å². The molecule has 0 spiro atoms. The molecule has 5 nitrogen and oxygen atoms in total. The van der Waals surface area contributed by atoms with Gasteiger partial charge in [0.25, 0.3) is 0 Å². The standard InChI is InChI=1S/C17H21BrF3NO4S/c1-16(2,3)26-15(23)11-5-4-8-22(10-11)27(24,25)14-7-6-12(9-13(14)18)17(19,20)21/h6-7,9,11H,4-5,8,10H2,1-3H3. The normalized spacial score (nSPS) is 19.7. The second-order valence-electron chi connectivity index (χ2n) is 7.38. The highest BCUT2D eigenvalue weighted by Crippen LogP contribution is 2.35. The fourth-order valence-electron chi connectivity index (χ4n) is 2.76. The topological polar surface area (TPSA) is 63.7 Å². The van der Waals surface area contributed by atoms with Gasteiger partial charge in [-0.15, -0.1) is 0 Å². The van der Waals surface area contributed by atoms with Crippen molar-refractivity contribution in [2.45, 2.75) is 50.3 Å². The zero-order valence-corrected chi connectivity index (χ0v) is 17.5. The van der Waals surface area contributed by atoms with E-state index in [9.17, 15) is 26.4 Å². The molecule has 2 rings (SSSR count). The van der Waals surface area contributed by atoms with Crippen LogP contribution in [0.3, 0.4) is 0 Å². The number of esters is 1. The first-order valence-electron chi connectivity index (χ1n) is 8.31. The van der Waals surface area contributed by atoms with Gasteiger partial charge in [0, 0.05) is 17.6 Å². The first-order chi connectivity index (χ1) is 12.2. The van der Waals surface area contributed by atoms with Gasteiger partial charge in [-0.1, -0.05) is 0 Å². The van der Waals surface area contributed by atoms with Gasteiger partial charge in [0.2, 0.25) is 10.0 Å². The van der Waals surface area contributed by atoms with Crippen LogP contribution >= 0.6 is 15.9 Å². The number of rotatable bonds is 3. The Morgan fingerprint density at radius 1 is 1.26 bits per heavy atom. The molecule has 0 radical (unpaired) electrons. The summed E-state index contributed by atoms with van der Waals surface area (Å²) in [6.07, 6.45) is -3.62. The van der Waals surface area contributed by atoms with Crippen LogP contribution in [-0.4, -0.2) is 37.4 Å². The molecule has 1 fully saturated rings. The Morgan fingerprint density at radius 3 is 2.41 bits per heavy atom. The monoisotopic (exact) mass is 471 g/mol. The van der Waals surface area contributed by atoms with Crippen molar-refractivity contribution in [3.8, 4) is 0 Å². The molecule has 1 atom stereocenters. The van der Waals surface area contributed by atoms with E-state index >= 15 is 0 Å². The van der Waals surface area contributed by atoms with Crippen molar-refractivity contribution in [2.75, 3.05) is 13.1 Å². The number of hydrogen-bond acceptors (Lipinski definition) is 4. The maximum Gasteiger partial charge on any atom is 0.416 e. The molecule has 27 heavy (non-hydrogen) atoms. The van der Waals surface area contributed by atoms with Gasteiger partial charge in [0.1, 0.15) is 5.60 Å². The Hall–Kier alpha value is -1.13. The number of hydrogen-bond donors (Lipinski definition) is 0. The van der Waals surface area contributed by atoms with Crippen molar-refractivity contribution in [3.05, 3.63) is 28.2 Å². The summed E-state index contributed by atoms with van der Waals surface area (Å²) < 4.78 is 70.4. The van der Waals surface area contributed by atoms with Gasteiger partial charge in [-0.05, 0) is 67.7 Å². The molecule has 1 aromatic carbocycles. The maximum atomic E-state index is 12.9. The molecule has 152 valence electrons. The van der Waals surface area contributed by atoms with Gasteiger partial charge in [0.15, 0.2) is 0 Å². The lowest BCUT2D eigenvalue weighted by Crippen LogP contribution is -2.44. The Labute approximate surface area is 165 Å². The van der Waals surface area contributed by atoms with E-state index in [0.717, 1.165) is 22.5 Å². The molecule has 0 amide bonds. The van der Waals surface area contributed by atoms with Gasteiger partial charge in [0.05, 0.1) is 16.4 Å². The Kier molecular flexibility index (Phi) is 6.33. The molecule has 1 unspecified atom stereocenters. The van der Waals surface area contributed by atoms with E-state index in [4.69, 9.17) is 4.74 Å². The van der Waals surface area contributed by atoms with Crippen molar-refractivity contribution in [2.24, 2.45) is 5.92 Å². The summed E-state index contributed by atoms with van der Waals surface area (Å²) in [4.78, 5) is 12.0. The minimum Gasteiger partial charge on any atom is -0.460 e. The van der Waals surface area contributed by atoms with E-state index in [2.05, 4.69) is 15.9 Å². The first kappa shape index (κ1) is 22.2. The lowest BCUT2D eigenvalue weighted by molar-refractivity contribution is -0.161.